The van der Waals surface area contributed by atoms with Gasteiger partial charge in [0.2, 0.25) is 5.89 Å². The minimum absolute atomic E-state index is 0.0906. The van der Waals surface area contributed by atoms with Crippen molar-refractivity contribution in [2.45, 2.75) is 45.4 Å². The molecule has 0 fully saturated rings. The summed E-state index contributed by atoms with van der Waals surface area (Å²) < 4.78 is 17.3. The highest BCUT2D eigenvalue weighted by molar-refractivity contribution is 5.79. The van der Waals surface area contributed by atoms with Gasteiger partial charge >= 0.3 is 5.97 Å². The molecule has 200 valence electrons. The van der Waals surface area contributed by atoms with Crippen LogP contribution >= 0.6 is 0 Å². The van der Waals surface area contributed by atoms with Gasteiger partial charge in [0.25, 0.3) is 0 Å². The molecule has 0 bridgehead atoms. The second-order valence-corrected chi connectivity index (χ2v) is 9.87. The van der Waals surface area contributed by atoms with Crippen molar-refractivity contribution in [2.24, 2.45) is 5.92 Å². The standard InChI is InChI=1S/C34H35NO4/c1-2-37-31(36)24-38-29-20-13-14-25(23-29)22-28-19-7-3-4-12-21-30(28)34-35-32(26-15-8-5-9-16-26)33(39-34)27-17-10-6-11-18-27/h5-6,8-11,13-18,20-21,23,28H,2-4,7,12,19,22,24H2,1H3/b30-21+. The highest BCUT2D eigenvalue weighted by Crippen LogP contribution is 2.39. The Morgan fingerprint density at radius 2 is 1.69 bits per heavy atom. The lowest BCUT2D eigenvalue weighted by Crippen LogP contribution is -2.14. The third-order valence-electron chi connectivity index (χ3n) is 7.06. The van der Waals surface area contributed by atoms with Gasteiger partial charge in [0.15, 0.2) is 12.4 Å². The van der Waals surface area contributed by atoms with E-state index in [0.717, 1.165) is 47.4 Å². The van der Waals surface area contributed by atoms with Gasteiger partial charge in [-0.25, -0.2) is 9.78 Å². The van der Waals surface area contributed by atoms with E-state index in [2.05, 4.69) is 36.4 Å². The highest BCUT2D eigenvalue weighted by atomic mass is 16.6. The predicted octanol–water partition coefficient (Wildman–Crippen LogP) is 8.16. The Hall–Kier alpha value is -4.12. The number of benzene rings is 3. The lowest BCUT2D eigenvalue weighted by molar-refractivity contribution is -0.145. The largest absolute Gasteiger partial charge is 0.482 e. The van der Waals surface area contributed by atoms with Crippen LogP contribution in [0.3, 0.4) is 0 Å². The summed E-state index contributed by atoms with van der Waals surface area (Å²) >= 11 is 0. The van der Waals surface area contributed by atoms with Crippen LogP contribution in [-0.2, 0) is 16.0 Å². The first kappa shape index (κ1) is 26.5. The van der Waals surface area contributed by atoms with E-state index in [1.807, 2.05) is 54.6 Å². The fourth-order valence-electron chi connectivity index (χ4n) is 5.18. The molecule has 0 N–H and O–H groups in total. The second-order valence-electron chi connectivity index (χ2n) is 9.87. The summed E-state index contributed by atoms with van der Waals surface area (Å²) in [5.41, 5.74) is 5.26. The number of esters is 1. The summed E-state index contributed by atoms with van der Waals surface area (Å²) in [4.78, 5) is 16.9. The Labute approximate surface area is 230 Å². The predicted molar refractivity (Wildman–Crippen MR) is 154 cm³/mol. The zero-order chi connectivity index (χ0) is 26.9. The second kappa shape index (κ2) is 13.1. The van der Waals surface area contributed by atoms with Crippen LogP contribution in [-0.4, -0.2) is 24.2 Å². The molecule has 3 aromatic carbocycles. The molecule has 1 atom stereocenters. The molecule has 5 nitrogen and oxygen atoms in total. The lowest BCUT2D eigenvalue weighted by Gasteiger charge is -2.21. The van der Waals surface area contributed by atoms with Crippen LogP contribution in [0, 0.1) is 5.92 Å². The molecule has 4 aromatic rings. The first-order valence-corrected chi connectivity index (χ1v) is 13.9. The van der Waals surface area contributed by atoms with E-state index >= 15 is 0 Å². The van der Waals surface area contributed by atoms with E-state index in [-0.39, 0.29) is 18.5 Å². The van der Waals surface area contributed by atoms with Crippen LogP contribution < -0.4 is 4.74 Å². The molecule has 0 radical (unpaired) electrons. The van der Waals surface area contributed by atoms with Crippen molar-refractivity contribution in [3.8, 4) is 28.3 Å². The third-order valence-corrected chi connectivity index (χ3v) is 7.06. The molecule has 0 spiro atoms. The van der Waals surface area contributed by atoms with Gasteiger partial charge in [0, 0.05) is 16.7 Å². The monoisotopic (exact) mass is 521 g/mol. The molecule has 5 heteroatoms. The van der Waals surface area contributed by atoms with E-state index in [0.29, 0.717) is 18.2 Å². The Balaban J connectivity index is 1.46. The van der Waals surface area contributed by atoms with Crippen LogP contribution in [0.25, 0.3) is 28.2 Å². The molecule has 0 aliphatic heterocycles. The van der Waals surface area contributed by atoms with Gasteiger partial charge in [0.1, 0.15) is 11.4 Å². The number of oxazole rings is 1. The fraction of sp³-hybridized carbons (Fsp3) is 0.294. The quantitative estimate of drug-likeness (QED) is 0.208. The van der Waals surface area contributed by atoms with Crippen molar-refractivity contribution >= 4 is 11.5 Å². The van der Waals surface area contributed by atoms with Crippen molar-refractivity contribution in [3.63, 3.8) is 0 Å². The molecule has 1 aliphatic carbocycles. The average Bonchev–Trinajstić information content (AvgIpc) is 3.40. The molecule has 39 heavy (non-hydrogen) atoms. The van der Waals surface area contributed by atoms with E-state index in [1.54, 1.807) is 6.92 Å². The molecule has 0 saturated heterocycles. The summed E-state index contributed by atoms with van der Waals surface area (Å²) in [5, 5.41) is 0. The van der Waals surface area contributed by atoms with Crippen LogP contribution in [0.15, 0.2) is 95.4 Å². The highest BCUT2D eigenvalue weighted by Gasteiger charge is 2.25. The third kappa shape index (κ3) is 6.85. The van der Waals surface area contributed by atoms with E-state index < -0.39 is 0 Å². The number of aromatic nitrogens is 1. The number of allylic oxidation sites excluding steroid dienone is 2. The molecule has 5 rings (SSSR count). The van der Waals surface area contributed by atoms with Gasteiger partial charge < -0.3 is 13.9 Å². The molecule has 0 saturated carbocycles. The molecular formula is C34H35NO4. The lowest BCUT2D eigenvalue weighted by atomic mass is 9.84. The molecule has 1 heterocycles. The van der Waals surface area contributed by atoms with E-state index in [4.69, 9.17) is 18.9 Å². The Morgan fingerprint density at radius 3 is 2.46 bits per heavy atom. The van der Waals surface area contributed by atoms with Crippen molar-refractivity contribution < 1.29 is 18.7 Å². The van der Waals surface area contributed by atoms with Gasteiger partial charge in [-0.05, 0) is 56.2 Å². The number of nitrogens with zero attached hydrogens (tertiary/aromatic N) is 1. The Bertz CT molecular complexity index is 1330. The molecule has 1 aliphatic rings. The number of hydrogen-bond donors (Lipinski definition) is 0. The minimum Gasteiger partial charge on any atom is -0.482 e. The SMILES string of the molecule is CCOC(=O)COc1cccc(CC2CCCCC/C=C\2c2nc(-c3ccccc3)c(-c3ccccc3)o2)c1. The summed E-state index contributed by atoms with van der Waals surface area (Å²) in [5.74, 6) is 2.07. The maximum Gasteiger partial charge on any atom is 0.344 e. The van der Waals surface area contributed by atoms with Crippen molar-refractivity contribution in [3.05, 3.63) is 102 Å². The number of rotatable bonds is 9. The Morgan fingerprint density at radius 1 is 0.923 bits per heavy atom. The summed E-state index contributed by atoms with van der Waals surface area (Å²) in [6, 6.07) is 28.5. The zero-order valence-electron chi connectivity index (χ0n) is 22.5. The van der Waals surface area contributed by atoms with Crippen molar-refractivity contribution in [1.82, 2.24) is 4.98 Å². The normalized spacial score (nSPS) is 16.9. The first-order valence-electron chi connectivity index (χ1n) is 13.9. The molecule has 0 amide bonds. The molecule has 1 aromatic heterocycles. The molecule has 1 unspecified atom stereocenters. The maximum absolute atomic E-state index is 11.8. The molecular weight excluding hydrogens is 486 g/mol. The first-order chi connectivity index (χ1) is 19.2. The van der Waals surface area contributed by atoms with Crippen LogP contribution in [0.4, 0.5) is 0 Å². The van der Waals surface area contributed by atoms with Gasteiger partial charge in [-0.3, -0.25) is 0 Å². The fourth-order valence-corrected chi connectivity index (χ4v) is 5.18. The van der Waals surface area contributed by atoms with Crippen LogP contribution in [0.5, 0.6) is 5.75 Å². The summed E-state index contributed by atoms with van der Waals surface area (Å²) in [6.45, 7) is 2.04. The van der Waals surface area contributed by atoms with E-state index in [9.17, 15) is 4.79 Å². The summed E-state index contributed by atoms with van der Waals surface area (Å²) in [6.07, 6.45) is 8.80. The Kier molecular flexibility index (Phi) is 8.90. The van der Waals surface area contributed by atoms with Crippen molar-refractivity contribution in [2.75, 3.05) is 13.2 Å². The van der Waals surface area contributed by atoms with Crippen LogP contribution in [0.1, 0.15) is 50.5 Å². The zero-order valence-corrected chi connectivity index (χ0v) is 22.5. The van der Waals surface area contributed by atoms with Gasteiger partial charge in [-0.1, -0.05) is 91.7 Å². The van der Waals surface area contributed by atoms with E-state index in [1.165, 1.54) is 24.8 Å². The van der Waals surface area contributed by atoms with Crippen molar-refractivity contribution in [1.29, 1.82) is 0 Å². The maximum atomic E-state index is 11.8. The van der Waals surface area contributed by atoms with Gasteiger partial charge in [-0.15, -0.1) is 0 Å². The minimum atomic E-state index is -0.361. The smallest absolute Gasteiger partial charge is 0.344 e. The summed E-state index contributed by atoms with van der Waals surface area (Å²) in [7, 11) is 0. The van der Waals surface area contributed by atoms with Gasteiger partial charge in [-0.2, -0.15) is 0 Å². The number of carbonyl (C=O) groups excluding carboxylic acids is 1. The van der Waals surface area contributed by atoms with Crippen LogP contribution in [0.2, 0.25) is 0 Å². The number of hydrogen-bond acceptors (Lipinski definition) is 5. The number of ether oxygens (including phenoxy) is 2. The van der Waals surface area contributed by atoms with Gasteiger partial charge in [0.05, 0.1) is 6.61 Å². The topological polar surface area (TPSA) is 61.6 Å². The number of carbonyl (C=O) groups is 1. The average molecular weight is 522 g/mol.